The summed E-state index contributed by atoms with van der Waals surface area (Å²) < 4.78 is 12.5. The Morgan fingerprint density at radius 3 is 2.74 bits per heavy atom. The Morgan fingerprint density at radius 2 is 2.13 bits per heavy atom. The minimum atomic E-state index is -1.20. The summed E-state index contributed by atoms with van der Waals surface area (Å²) >= 11 is 0. The van der Waals surface area contributed by atoms with Crippen LogP contribution in [0.5, 0.6) is 0 Å². The molecule has 3 rings (SSSR count). The molecule has 3 heterocycles. The highest BCUT2D eigenvalue weighted by Gasteiger charge is 2.44. The van der Waals surface area contributed by atoms with E-state index in [1.807, 2.05) is 6.92 Å². The summed E-state index contributed by atoms with van der Waals surface area (Å²) in [7, 11) is 1.57. The fourth-order valence-corrected chi connectivity index (χ4v) is 2.88. The first-order valence-corrected chi connectivity index (χ1v) is 7.25. The molecule has 0 aromatic carbocycles. The monoisotopic (exact) mass is 324 g/mol. The lowest BCUT2D eigenvalue weighted by molar-refractivity contribution is -0.0510. The Kier molecular flexibility index (Phi) is 4.21. The van der Waals surface area contributed by atoms with Crippen LogP contribution in [0, 0.1) is 0 Å². The third kappa shape index (κ3) is 2.46. The van der Waals surface area contributed by atoms with Gasteiger partial charge in [0.25, 0.3) is 0 Å². The van der Waals surface area contributed by atoms with E-state index in [-0.39, 0.29) is 6.10 Å². The maximum Gasteiger partial charge on any atom is 0.164 e. The van der Waals surface area contributed by atoms with E-state index in [4.69, 9.17) is 15.2 Å². The topological polar surface area (TPSA) is 136 Å². The highest BCUT2D eigenvalue weighted by molar-refractivity contribution is 5.90. The van der Waals surface area contributed by atoms with E-state index < -0.39 is 31.1 Å². The zero-order valence-corrected chi connectivity index (χ0v) is 12.8. The number of aliphatic hydroxyl groups is 3. The SMILES string of the molecule is COC(C)c1cn([C@@H]2O[C@H](CO)[C@@H](O)[C@@H]2O)c2ncnc(N)c12. The Hall–Kier alpha value is -1.78. The van der Waals surface area contributed by atoms with Crippen molar-refractivity contribution in [3.05, 3.63) is 18.1 Å². The summed E-state index contributed by atoms with van der Waals surface area (Å²) in [6, 6.07) is 0. The molecule has 2 aromatic rings. The van der Waals surface area contributed by atoms with Crippen molar-refractivity contribution in [1.29, 1.82) is 0 Å². The minimum Gasteiger partial charge on any atom is -0.394 e. The molecular formula is C14H20N4O5. The van der Waals surface area contributed by atoms with Crippen molar-refractivity contribution >= 4 is 16.9 Å². The van der Waals surface area contributed by atoms with E-state index in [1.165, 1.54) is 6.33 Å². The number of nitrogen functional groups attached to an aromatic ring is 1. The molecule has 1 aliphatic rings. The second-order valence-electron chi connectivity index (χ2n) is 5.56. The molecule has 0 amide bonds. The third-order valence-corrected chi connectivity index (χ3v) is 4.25. The van der Waals surface area contributed by atoms with Crippen molar-refractivity contribution in [2.45, 2.75) is 37.6 Å². The first-order chi connectivity index (χ1) is 11.0. The van der Waals surface area contributed by atoms with Gasteiger partial charge in [0.2, 0.25) is 0 Å². The van der Waals surface area contributed by atoms with Crippen molar-refractivity contribution in [3.8, 4) is 0 Å². The normalized spacial score (nSPS) is 29.3. The molecule has 1 fully saturated rings. The molecule has 1 aliphatic heterocycles. The molecule has 0 bridgehead atoms. The first-order valence-electron chi connectivity index (χ1n) is 7.25. The Balaban J connectivity index is 2.14. The van der Waals surface area contributed by atoms with Gasteiger partial charge in [-0.05, 0) is 6.92 Å². The zero-order valence-electron chi connectivity index (χ0n) is 12.8. The smallest absolute Gasteiger partial charge is 0.164 e. The summed E-state index contributed by atoms with van der Waals surface area (Å²) in [5.41, 5.74) is 7.18. The molecule has 0 spiro atoms. The van der Waals surface area contributed by atoms with Gasteiger partial charge in [0.05, 0.1) is 18.1 Å². The maximum atomic E-state index is 10.2. The molecule has 1 unspecified atom stereocenters. The number of rotatable bonds is 4. The van der Waals surface area contributed by atoms with Crippen molar-refractivity contribution in [2.75, 3.05) is 19.5 Å². The summed E-state index contributed by atoms with van der Waals surface area (Å²) in [4.78, 5) is 8.21. The van der Waals surface area contributed by atoms with Crippen LogP contribution >= 0.6 is 0 Å². The van der Waals surface area contributed by atoms with Crippen LogP contribution in [-0.2, 0) is 9.47 Å². The van der Waals surface area contributed by atoms with Crippen LogP contribution in [0.25, 0.3) is 11.0 Å². The molecule has 0 radical (unpaired) electrons. The molecule has 23 heavy (non-hydrogen) atoms. The van der Waals surface area contributed by atoms with Gasteiger partial charge in [-0.15, -0.1) is 0 Å². The molecule has 0 aliphatic carbocycles. The zero-order chi connectivity index (χ0) is 16.7. The standard InChI is InChI=1S/C14H20N4O5/c1-6(22-2)7-3-18(13-9(7)12(15)16-5-17-13)14-11(21)10(20)8(4-19)23-14/h3,5-6,8,10-11,14,19-21H,4H2,1-2H3,(H2,15,16,17)/t6?,8-,10-,11+,14-/m1/s1. The second-order valence-corrected chi connectivity index (χ2v) is 5.56. The Bertz CT molecular complexity index is 706. The van der Waals surface area contributed by atoms with Crippen LogP contribution in [0.2, 0.25) is 0 Å². The highest BCUT2D eigenvalue weighted by atomic mass is 16.6. The van der Waals surface area contributed by atoms with Gasteiger partial charge in [0.15, 0.2) is 6.23 Å². The third-order valence-electron chi connectivity index (χ3n) is 4.25. The number of aromatic nitrogens is 3. The molecular weight excluding hydrogens is 304 g/mol. The number of methoxy groups -OCH3 is 1. The average Bonchev–Trinajstić information content (AvgIpc) is 3.07. The molecule has 1 saturated heterocycles. The lowest BCUT2D eigenvalue weighted by Gasteiger charge is -2.17. The van der Waals surface area contributed by atoms with E-state index in [0.29, 0.717) is 16.9 Å². The number of nitrogens with zero attached hydrogens (tertiary/aromatic N) is 3. The van der Waals surface area contributed by atoms with Crippen LogP contribution in [0.4, 0.5) is 5.82 Å². The molecule has 9 heteroatoms. The Morgan fingerprint density at radius 1 is 1.39 bits per heavy atom. The van der Waals surface area contributed by atoms with Crippen LogP contribution < -0.4 is 5.73 Å². The summed E-state index contributed by atoms with van der Waals surface area (Å²) in [5, 5.41) is 30.0. The quantitative estimate of drug-likeness (QED) is 0.581. The fraction of sp³-hybridized carbons (Fsp3) is 0.571. The lowest BCUT2D eigenvalue weighted by Crippen LogP contribution is -2.33. The van der Waals surface area contributed by atoms with Crippen molar-refractivity contribution in [1.82, 2.24) is 14.5 Å². The van der Waals surface area contributed by atoms with Gasteiger partial charge in [-0.3, -0.25) is 0 Å². The van der Waals surface area contributed by atoms with Crippen LogP contribution in [0.1, 0.15) is 24.8 Å². The van der Waals surface area contributed by atoms with Crippen molar-refractivity contribution in [3.63, 3.8) is 0 Å². The predicted octanol–water partition coefficient (Wildman–Crippen LogP) is -0.668. The van der Waals surface area contributed by atoms with E-state index in [9.17, 15) is 15.3 Å². The van der Waals surface area contributed by atoms with Crippen LogP contribution in [0.15, 0.2) is 12.5 Å². The van der Waals surface area contributed by atoms with Crippen LogP contribution in [0.3, 0.4) is 0 Å². The number of fused-ring (bicyclic) bond motifs is 1. The molecule has 0 saturated carbocycles. The largest absolute Gasteiger partial charge is 0.394 e. The van der Waals surface area contributed by atoms with Gasteiger partial charge in [-0.2, -0.15) is 0 Å². The number of hydrogen-bond donors (Lipinski definition) is 4. The average molecular weight is 324 g/mol. The van der Waals surface area contributed by atoms with Gasteiger partial charge in [-0.25, -0.2) is 9.97 Å². The second kappa shape index (κ2) is 6.02. The molecule has 9 nitrogen and oxygen atoms in total. The van der Waals surface area contributed by atoms with Crippen molar-refractivity contribution in [2.24, 2.45) is 0 Å². The molecule has 2 aromatic heterocycles. The minimum absolute atomic E-state index is 0.274. The van der Waals surface area contributed by atoms with E-state index in [1.54, 1.807) is 17.9 Å². The first kappa shape index (κ1) is 16.1. The van der Waals surface area contributed by atoms with E-state index in [2.05, 4.69) is 9.97 Å². The van der Waals surface area contributed by atoms with Crippen molar-refractivity contribution < 1.29 is 24.8 Å². The van der Waals surface area contributed by atoms with Gasteiger partial charge >= 0.3 is 0 Å². The fourth-order valence-electron chi connectivity index (χ4n) is 2.88. The number of hydrogen-bond acceptors (Lipinski definition) is 8. The van der Waals surface area contributed by atoms with E-state index >= 15 is 0 Å². The summed E-state index contributed by atoms with van der Waals surface area (Å²) in [6.07, 6.45) is -1.40. The maximum absolute atomic E-state index is 10.2. The molecule has 5 atom stereocenters. The van der Waals surface area contributed by atoms with Gasteiger partial charge < -0.3 is 35.1 Å². The van der Waals surface area contributed by atoms with Gasteiger partial charge in [0.1, 0.15) is 36.1 Å². The molecule has 5 N–H and O–H groups in total. The summed E-state index contributed by atoms with van der Waals surface area (Å²) in [5.74, 6) is 0.291. The lowest BCUT2D eigenvalue weighted by atomic mass is 10.1. The van der Waals surface area contributed by atoms with Crippen LogP contribution in [-0.4, -0.2) is 61.9 Å². The highest BCUT2D eigenvalue weighted by Crippen LogP contribution is 2.36. The van der Waals surface area contributed by atoms with Gasteiger partial charge in [0, 0.05) is 18.9 Å². The number of nitrogens with two attached hydrogens (primary N) is 1. The predicted molar refractivity (Wildman–Crippen MR) is 80.4 cm³/mol. The number of anilines is 1. The van der Waals surface area contributed by atoms with Gasteiger partial charge in [-0.1, -0.05) is 0 Å². The number of aliphatic hydroxyl groups excluding tert-OH is 3. The van der Waals surface area contributed by atoms with E-state index in [0.717, 1.165) is 5.56 Å². The summed E-state index contributed by atoms with van der Waals surface area (Å²) in [6.45, 7) is 1.45. The Labute approximate surface area is 132 Å². The molecule has 126 valence electrons. The number of ether oxygens (including phenoxy) is 2.